The van der Waals surface area contributed by atoms with E-state index in [2.05, 4.69) is 37.9 Å². The van der Waals surface area contributed by atoms with Gasteiger partial charge in [0.15, 0.2) is 0 Å². The molecule has 0 bridgehead atoms. The number of nitrogens with one attached hydrogen (secondary N) is 1. The number of rotatable bonds is 7. The fraction of sp³-hybridized carbons (Fsp3) is 1.00. The molecule has 118 valence electrons. The first kappa shape index (κ1) is 16.2. The number of hydrogen-bond donors (Lipinski definition) is 1. The summed E-state index contributed by atoms with van der Waals surface area (Å²) < 4.78 is 11.3. The molecule has 0 radical (unpaired) electrons. The SMILES string of the molecule is CCOC1CC(NC(C)CN2CCOCC2)C1(C)CC. The van der Waals surface area contributed by atoms with Crippen molar-refractivity contribution in [3.05, 3.63) is 0 Å². The fourth-order valence-electron chi connectivity index (χ4n) is 3.58. The highest BCUT2D eigenvalue weighted by Gasteiger charge is 2.51. The second-order valence-corrected chi connectivity index (χ2v) is 6.57. The van der Waals surface area contributed by atoms with Crippen molar-refractivity contribution in [3.63, 3.8) is 0 Å². The van der Waals surface area contributed by atoms with Crippen molar-refractivity contribution in [2.24, 2.45) is 5.41 Å². The molecule has 0 aromatic rings. The van der Waals surface area contributed by atoms with Crippen molar-refractivity contribution in [2.45, 2.75) is 58.7 Å². The maximum atomic E-state index is 5.88. The smallest absolute Gasteiger partial charge is 0.0658 e. The Balaban J connectivity index is 1.77. The van der Waals surface area contributed by atoms with E-state index in [0.29, 0.717) is 23.6 Å². The van der Waals surface area contributed by atoms with Crippen LogP contribution in [0.15, 0.2) is 0 Å². The summed E-state index contributed by atoms with van der Waals surface area (Å²) in [5.74, 6) is 0. The molecule has 1 aliphatic carbocycles. The minimum Gasteiger partial charge on any atom is -0.379 e. The monoisotopic (exact) mass is 284 g/mol. The highest BCUT2D eigenvalue weighted by molar-refractivity contribution is 5.05. The molecule has 4 atom stereocenters. The van der Waals surface area contributed by atoms with Crippen molar-refractivity contribution < 1.29 is 9.47 Å². The van der Waals surface area contributed by atoms with Gasteiger partial charge in [-0.15, -0.1) is 0 Å². The summed E-state index contributed by atoms with van der Waals surface area (Å²) in [6.45, 7) is 14.9. The Morgan fingerprint density at radius 2 is 2.05 bits per heavy atom. The Morgan fingerprint density at radius 3 is 2.65 bits per heavy atom. The van der Waals surface area contributed by atoms with E-state index in [-0.39, 0.29) is 0 Å². The van der Waals surface area contributed by atoms with Gasteiger partial charge in [-0.25, -0.2) is 0 Å². The van der Waals surface area contributed by atoms with Crippen LogP contribution in [0.25, 0.3) is 0 Å². The van der Waals surface area contributed by atoms with Gasteiger partial charge in [0.2, 0.25) is 0 Å². The molecule has 0 aromatic carbocycles. The van der Waals surface area contributed by atoms with Gasteiger partial charge in [-0.1, -0.05) is 13.8 Å². The summed E-state index contributed by atoms with van der Waals surface area (Å²) in [6, 6.07) is 1.13. The minimum atomic E-state index is 0.301. The van der Waals surface area contributed by atoms with Crippen LogP contribution in [0, 0.1) is 5.41 Å². The van der Waals surface area contributed by atoms with Crippen LogP contribution in [0.1, 0.15) is 40.5 Å². The predicted octanol–water partition coefficient (Wildman–Crippen LogP) is 1.89. The number of hydrogen-bond acceptors (Lipinski definition) is 4. The summed E-state index contributed by atoms with van der Waals surface area (Å²) >= 11 is 0. The molecule has 0 amide bonds. The lowest BCUT2D eigenvalue weighted by Gasteiger charge is -2.54. The molecule has 1 N–H and O–H groups in total. The van der Waals surface area contributed by atoms with Gasteiger partial charge in [-0.3, -0.25) is 4.90 Å². The first-order valence-electron chi connectivity index (χ1n) is 8.27. The van der Waals surface area contributed by atoms with Crippen LogP contribution in [0.3, 0.4) is 0 Å². The summed E-state index contributed by atoms with van der Waals surface area (Å²) in [4.78, 5) is 2.50. The maximum absolute atomic E-state index is 5.88. The second-order valence-electron chi connectivity index (χ2n) is 6.57. The van der Waals surface area contributed by atoms with Crippen LogP contribution in [-0.2, 0) is 9.47 Å². The maximum Gasteiger partial charge on any atom is 0.0658 e. The normalized spacial score (nSPS) is 36.6. The lowest BCUT2D eigenvalue weighted by Crippen LogP contribution is -2.64. The van der Waals surface area contributed by atoms with E-state index in [9.17, 15) is 0 Å². The van der Waals surface area contributed by atoms with Gasteiger partial charge >= 0.3 is 0 Å². The van der Waals surface area contributed by atoms with E-state index in [4.69, 9.17) is 9.47 Å². The molecule has 1 saturated carbocycles. The van der Waals surface area contributed by atoms with E-state index in [1.807, 2.05) is 0 Å². The Bertz CT molecular complexity index is 294. The highest BCUT2D eigenvalue weighted by Crippen LogP contribution is 2.46. The standard InChI is InChI=1S/C16H32N2O2/c1-5-16(4)14(11-15(16)20-6-2)17-13(3)12-18-7-9-19-10-8-18/h13-15,17H,5-12H2,1-4H3. The van der Waals surface area contributed by atoms with Crippen LogP contribution in [0.2, 0.25) is 0 Å². The zero-order chi connectivity index (χ0) is 14.6. The molecule has 1 heterocycles. The van der Waals surface area contributed by atoms with Gasteiger partial charge in [0.05, 0.1) is 19.3 Å². The average Bonchev–Trinajstić information content (AvgIpc) is 2.46. The molecule has 1 aliphatic heterocycles. The third-order valence-corrected chi connectivity index (χ3v) is 5.23. The van der Waals surface area contributed by atoms with Crippen LogP contribution < -0.4 is 5.32 Å². The van der Waals surface area contributed by atoms with Crippen LogP contribution >= 0.6 is 0 Å². The zero-order valence-electron chi connectivity index (χ0n) is 13.7. The molecule has 1 saturated heterocycles. The fourth-order valence-corrected chi connectivity index (χ4v) is 3.58. The second kappa shape index (κ2) is 7.21. The summed E-state index contributed by atoms with van der Waals surface area (Å²) in [5, 5.41) is 3.83. The Hall–Kier alpha value is -0.160. The Morgan fingerprint density at radius 1 is 1.35 bits per heavy atom. The minimum absolute atomic E-state index is 0.301. The molecule has 0 spiro atoms. The first-order chi connectivity index (χ1) is 9.60. The molecule has 4 unspecified atom stereocenters. The van der Waals surface area contributed by atoms with Crippen LogP contribution in [0.4, 0.5) is 0 Å². The zero-order valence-corrected chi connectivity index (χ0v) is 13.7. The summed E-state index contributed by atoms with van der Waals surface area (Å²) in [7, 11) is 0. The van der Waals surface area contributed by atoms with Gasteiger partial charge in [0.25, 0.3) is 0 Å². The van der Waals surface area contributed by atoms with Crippen molar-refractivity contribution in [2.75, 3.05) is 39.5 Å². The van der Waals surface area contributed by atoms with Gasteiger partial charge in [0.1, 0.15) is 0 Å². The van der Waals surface area contributed by atoms with E-state index >= 15 is 0 Å². The molecular weight excluding hydrogens is 252 g/mol. The molecule has 20 heavy (non-hydrogen) atoms. The highest BCUT2D eigenvalue weighted by atomic mass is 16.5. The molecule has 0 aromatic heterocycles. The summed E-state index contributed by atoms with van der Waals surface area (Å²) in [6.07, 6.45) is 2.77. The van der Waals surface area contributed by atoms with Crippen molar-refractivity contribution in [1.82, 2.24) is 10.2 Å². The van der Waals surface area contributed by atoms with Crippen molar-refractivity contribution >= 4 is 0 Å². The third-order valence-electron chi connectivity index (χ3n) is 5.23. The number of nitrogens with zero attached hydrogens (tertiary/aromatic N) is 1. The Labute approximate surface area is 124 Å². The van der Waals surface area contributed by atoms with Gasteiger partial charge in [-0.2, -0.15) is 0 Å². The van der Waals surface area contributed by atoms with Crippen LogP contribution in [0.5, 0.6) is 0 Å². The largest absolute Gasteiger partial charge is 0.379 e. The lowest BCUT2D eigenvalue weighted by molar-refractivity contribution is -0.128. The third kappa shape index (κ3) is 3.53. The molecule has 4 heteroatoms. The Kier molecular flexibility index (Phi) is 5.84. The molecule has 2 aliphatic rings. The molecular formula is C16H32N2O2. The molecule has 2 fully saturated rings. The van der Waals surface area contributed by atoms with Crippen LogP contribution in [-0.4, -0.2) is 62.5 Å². The quantitative estimate of drug-likeness (QED) is 0.774. The van der Waals surface area contributed by atoms with E-state index in [1.54, 1.807) is 0 Å². The van der Waals surface area contributed by atoms with Gasteiger partial charge in [0, 0.05) is 43.7 Å². The van der Waals surface area contributed by atoms with Gasteiger partial charge < -0.3 is 14.8 Å². The predicted molar refractivity (Wildman–Crippen MR) is 82.1 cm³/mol. The number of morpholine rings is 1. The average molecular weight is 284 g/mol. The lowest BCUT2D eigenvalue weighted by atomic mass is 9.61. The van der Waals surface area contributed by atoms with E-state index < -0.39 is 0 Å². The number of ether oxygens (including phenoxy) is 2. The summed E-state index contributed by atoms with van der Waals surface area (Å²) in [5.41, 5.74) is 0.301. The molecule has 2 rings (SSSR count). The van der Waals surface area contributed by atoms with E-state index in [0.717, 1.165) is 45.9 Å². The molecule has 4 nitrogen and oxygen atoms in total. The van der Waals surface area contributed by atoms with Gasteiger partial charge in [-0.05, 0) is 26.7 Å². The van der Waals surface area contributed by atoms with E-state index in [1.165, 1.54) is 6.42 Å². The van der Waals surface area contributed by atoms with Crippen molar-refractivity contribution in [1.29, 1.82) is 0 Å². The first-order valence-corrected chi connectivity index (χ1v) is 8.27. The van der Waals surface area contributed by atoms with Crippen molar-refractivity contribution in [3.8, 4) is 0 Å². The topological polar surface area (TPSA) is 33.7 Å².